The molecule has 10 heavy (non-hydrogen) atoms. The van der Waals surface area contributed by atoms with Crippen LogP contribution in [0, 0.1) is 0 Å². The average Bonchev–Trinajstić information content (AvgIpc) is 2.30. The van der Waals surface area contributed by atoms with Crippen molar-refractivity contribution in [3.8, 4) is 0 Å². The van der Waals surface area contributed by atoms with Crippen molar-refractivity contribution in [2.45, 2.75) is 32.0 Å². The van der Waals surface area contributed by atoms with Gasteiger partial charge in [-0.3, -0.25) is 4.90 Å². The van der Waals surface area contributed by atoms with Gasteiger partial charge in [-0.05, 0) is 19.4 Å². The molecule has 2 nitrogen and oxygen atoms in total. The highest BCUT2D eigenvalue weighted by Crippen LogP contribution is 2.25. The molecule has 0 saturated carbocycles. The Morgan fingerprint density at radius 3 is 2.40 bits per heavy atom. The van der Waals surface area contributed by atoms with Gasteiger partial charge in [-0.15, -0.1) is 0 Å². The second-order valence-corrected chi connectivity index (χ2v) is 3.31. The first-order valence-electron chi connectivity index (χ1n) is 4.26. The number of hydrogen-bond acceptors (Lipinski definition) is 2. The lowest BCUT2D eigenvalue weighted by molar-refractivity contribution is -0.0364. The number of hydrogen-bond donors (Lipinski definition) is 0. The summed E-state index contributed by atoms with van der Waals surface area (Å²) in [5, 5.41) is 0. The highest BCUT2D eigenvalue weighted by Gasteiger charge is 2.32. The third kappa shape index (κ3) is 1.06. The van der Waals surface area contributed by atoms with Gasteiger partial charge in [0.2, 0.25) is 0 Å². The summed E-state index contributed by atoms with van der Waals surface area (Å²) in [7, 11) is 0. The van der Waals surface area contributed by atoms with Crippen molar-refractivity contribution in [2.24, 2.45) is 0 Å². The number of likely N-dealkylation sites (N-methyl/N-ethyl adjacent to an activating group) is 1. The summed E-state index contributed by atoms with van der Waals surface area (Å²) >= 11 is 0. The van der Waals surface area contributed by atoms with E-state index in [1.165, 1.54) is 32.5 Å². The van der Waals surface area contributed by atoms with E-state index in [0.717, 1.165) is 0 Å². The van der Waals surface area contributed by atoms with Gasteiger partial charge in [-0.25, -0.2) is 0 Å². The maximum absolute atomic E-state index is 5.69. The zero-order valence-electron chi connectivity index (χ0n) is 6.55. The smallest absolute Gasteiger partial charge is 0.0707 e. The Hall–Kier alpha value is -0.0800. The van der Waals surface area contributed by atoms with Crippen LogP contribution in [0.15, 0.2) is 0 Å². The fraction of sp³-hybridized carbons (Fsp3) is 1.00. The molecule has 0 aromatic carbocycles. The SMILES string of the molecule is CCN1C[C@@H]2CC[C@@H](C1)O2. The first-order chi connectivity index (χ1) is 4.88. The maximum atomic E-state index is 5.69. The van der Waals surface area contributed by atoms with Crippen LogP contribution in [0.3, 0.4) is 0 Å². The molecule has 2 aliphatic rings. The highest BCUT2D eigenvalue weighted by molar-refractivity contribution is 4.83. The van der Waals surface area contributed by atoms with Crippen LogP contribution in [0.1, 0.15) is 19.8 Å². The molecule has 0 spiro atoms. The summed E-state index contributed by atoms with van der Waals surface area (Å²) in [6.07, 6.45) is 3.72. The zero-order valence-corrected chi connectivity index (χ0v) is 6.55. The normalized spacial score (nSPS) is 40.5. The van der Waals surface area contributed by atoms with Gasteiger partial charge in [0, 0.05) is 13.1 Å². The van der Waals surface area contributed by atoms with Crippen molar-refractivity contribution in [2.75, 3.05) is 19.6 Å². The summed E-state index contributed by atoms with van der Waals surface area (Å²) in [5.74, 6) is 0. The minimum absolute atomic E-state index is 0.568. The molecule has 58 valence electrons. The van der Waals surface area contributed by atoms with Gasteiger partial charge in [0.05, 0.1) is 12.2 Å². The molecule has 0 aliphatic carbocycles. The number of ether oxygens (including phenoxy) is 1. The molecule has 0 unspecified atom stereocenters. The van der Waals surface area contributed by atoms with E-state index >= 15 is 0 Å². The fourth-order valence-corrected chi connectivity index (χ4v) is 1.96. The number of fused-ring (bicyclic) bond motifs is 2. The molecule has 0 amide bonds. The van der Waals surface area contributed by atoms with Crippen molar-refractivity contribution in [1.29, 1.82) is 0 Å². The van der Waals surface area contributed by atoms with Crippen molar-refractivity contribution in [1.82, 2.24) is 4.90 Å². The number of rotatable bonds is 1. The van der Waals surface area contributed by atoms with E-state index in [1.54, 1.807) is 0 Å². The predicted molar refractivity (Wildman–Crippen MR) is 40.0 cm³/mol. The minimum Gasteiger partial charge on any atom is -0.372 e. The molecular formula is C8H15NO. The van der Waals surface area contributed by atoms with Crippen LogP contribution >= 0.6 is 0 Å². The second kappa shape index (κ2) is 2.51. The van der Waals surface area contributed by atoms with E-state index in [0.29, 0.717) is 12.2 Å². The van der Waals surface area contributed by atoms with Gasteiger partial charge < -0.3 is 4.74 Å². The molecule has 2 bridgehead atoms. The molecular weight excluding hydrogens is 126 g/mol. The average molecular weight is 141 g/mol. The lowest BCUT2D eigenvalue weighted by Crippen LogP contribution is -2.42. The van der Waals surface area contributed by atoms with Gasteiger partial charge in [-0.1, -0.05) is 6.92 Å². The largest absolute Gasteiger partial charge is 0.372 e. The van der Waals surface area contributed by atoms with E-state index in [2.05, 4.69) is 11.8 Å². The Labute approximate surface area is 62.2 Å². The van der Waals surface area contributed by atoms with Crippen molar-refractivity contribution >= 4 is 0 Å². The van der Waals surface area contributed by atoms with Crippen LogP contribution < -0.4 is 0 Å². The predicted octanol–water partition coefficient (Wildman–Crippen LogP) is 0.869. The standard InChI is InChI=1S/C8H15NO/c1-2-9-5-7-3-4-8(6-9)10-7/h7-8H,2-6H2,1H3/t7-,8-/m0/s1. The molecule has 2 heterocycles. The Morgan fingerprint density at radius 2 is 1.90 bits per heavy atom. The fourth-order valence-electron chi connectivity index (χ4n) is 1.96. The van der Waals surface area contributed by atoms with Gasteiger partial charge in [0.1, 0.15) is 0 Å². The number of nitrogens with zero attached hydrogens (tertiary/aromatic N) is 1. The molecule has 0 aromatic heterocycles. The molecule has 2 saturated heterocycles. The molecule has 2 fully saturated rings. The Bertz CT molecular complexity index is 114. The van der Waals surface area contributed by atoms with Crippen LogP contribution in [-0.2, 0) is 4.74 Å². The van der Waals surface area contributed by atoms with Gasteiger partial charge >= 0.3 is 0 Å². The Kier molecular flexibility index (Phi) is 1.66. The van der Waals surface area contributed by atoms with E-state index in [1.807, 2.05) is 0 Å². The molecule has 0 N–H and O–H groups in total. The van der Waals surface area contributed by atoms with E-state index < -0.39 is 0 Å². The van der Waals surface area contributed by atoms with Gasteiger partial charge in [0.15, 0.2) is 0 Å². The highest BCUT2D eigenvalue weighted by atomic mass is 16.5. The molecule has 2 heteroatoms. The minimum atomic E-state index is 0.568. The third-order valence-corrected chi connectivity index (χ3v) is 2.57. The quantitative estimate of drug-likeness (QED) is 0.537. The van der Waals surface area contributed by atoms with Crippen LogP contribution in [0.2, 0.25) is 0 Å². The van der Waals surface area contributed by atoms with E-state index in [4.69, 9.17) is 4.74 Å². The topological polar surface area (TPSA) is 12.5 Å². The molecule has 0 radical (unpaired) electrons. The van der Waals surface area contributed by atoms with E-state index in [-0.39, 0.29) is 0 Å². The van der Waals surface area contributed by atoms with Crippen molar-refractivity contribution < 1.29 is 4.74 Å². The van der Waals surface area contributed by atoms with Crippen LogP contribution in [0.4, 0.5) is 0 Å². The van der Waals surface area contributed by atoms with Crippen molar-refractivity contribution in [3.63, 3.8) is 0 Å². The maximum Gasteiger partial charge on any atom is 0.0707 e. The van der Waals surface area contributed by atoms with Crippen molar-refractivity contribution in [3.05, 3.63) is 0 Å². The van der Waals surface area contributed by atoms with Gasteiger partial charge in [0.25, 0.3) is 0 Å². The molecule has 2 aliphatic heterocycles. The number of morpholine rings is 1. The first-order valence-corrected chi connectivity index (χ1v) is 4.26. The summed E-state index contributed by atoms with van der Waals surface area (Å²) < 4.78 is 5.69. The first kappa shape index (κ1) is 6.62. The van der Waals surface area contributed by atoms with E-state index in [9.17, 15) is 0 Å². The summed E-state index contributed by atoms with van der Waals surface area (Å²) in [6, 6.07) is 0. The molecule has 2 atom stereocenters. The van der Waals surface area contributed by atoms with Crippen LogP contribution in [0.25, 0.3) is 0 Å². The van der Waals surface area contributed by atoms with Crippen LogP contribution in [-0.4, -0.2) is 36.7 Å². The monoisotopic (exact) mass is 141 g/mol. The Balaban J connectivity index is 1.96. The zero-order chi connectivity index (χ0) is 6.97. The molecule has 2 rings (SSSR count). The molecule has 0 aromatic rings. The second-order valence-electron chi connectivity index (χ2n) is 3.31. The summed E-state index contributed by atoms with van der Waals surface area (Å²) in [5.41, 5.74) is 0. The summed E-state index contributed by atoms with van der Waals surface area (Å²) in [6.45, 7) is 5.76. The Morgan fingerprint density at radius 1 is 1.30 bits per heavy atom. The van der Waals surface area contributed by atoms with Gasteiger partial charge in [-0.2, -0.15) is 0 Å². The lowest BCUT2D eigenvalue weighted by Gasteiger charge is -2.30. The summed E-state index contributed by atoms with van der Waals surface area (Å²) in [4.78, 5) is 2.49. The lowest BCUT2D eigenvalue weighted by atomic mass is 10.2. The van der Waals surface area contributed by atoms with Crippen LogP contribution in [0.5, 0.6) is 0 Å². The third-order valence-electron chi connectivity index (χ3n) is 2.57. The number of likely N-dealkylation sites (tertiary alicyclic amines) is 1.